The van der Waals surface area contributed by atoms with E-state index < -0.39 is 5.41 Å². The molecule has 0 aliphatic heterocycles. The Kier molecular flexibility index (Phi) is 4.19. The molecule has 0 saturated heterocycles. The van der Waals surface area contributed by atoms with Gasteiger partial charge in [-0.2, -0.15) is 0 Å². The van der Waals surface area contributed by atoms with Crippen LogP contribution in [0.15, 0.2) is 30.3 Å². The van der Waals surface area contributed by atoms with Crippen LogP contribution >= 0.6 is 0 Å². The Hall–Kier alpha value is -1.84. The molecule has 1 N–H and O–H groups in total. The van der Waals surface area contributed by atoms with Crippen LogP contribution in [0.4, 0.5) is 0 Å². The number of ether oxygens (including phenoxy) is 1. The number of rotatable bonds is 6. The second-order valence-electron chi connectivity index (χ2n) is 6.94. The Morgan fingerprint density at radius 2 is 1.91 bits per heavy atom. The highest BCUT2D eigenvalue weighted by molar-refractivity contribution is 5.80. The molecule has 0 unspecified atom stereocenters. The summed E-state index contributed by atoms with van der Waals surface area (Å²) in [6.07, 6.45) is 4.36. The zero-order chi connectivity index (χ0) is 15.6. The van der Waals surface area contributed by atoms with E-state index in [1.807, 2.05) is 37.3 Å². The Morgan fingerprint density at radius 3 is 2.55 bits per heavy atom. The van der Waals surface area contributed by atoms with Crippen LogP contribution in [0.2, 0.25) is 0 Å². The van der Waals surface area contributed by atoms with Gasteiger partial charge in [-0.3, -0.25) is 9.59 Å². The minimum atomic E-state index is -0.452. The van der Waals surface area contributed by atoms with Gasteiger partial charge in [0.15, 0.2) is 0 Å². The van der Waals surface area contributed by atoms with Gasteiger partial charge in [-0.1, -0.05) is 30.3 Å². The number of carbonyl (C=O) groups is 2. The van der Waals surface area contributed by atoms with Crippen molar-refractivity contribution in [3.8, 4) is 0 Å². The van der Waals surface area contributed by atoms with E-state index in [1.165, 1.54) is 12.8 Å². The molecule has 1 amide bonds. The van der Waals surface area contributed by atoms with Crippen LogP contribution in [0.5, 0.6) is 0 Å². The Labute approximate surface area is 131 Å². The molecule has 3 rings (SSSR count). The number of nitrogens with one attached hydrogen (secondary N) is 1. The molecule has 2 aliphatic carbocycles. The van der Waals surface area contributed by atoms with Crippen molar-refractivity contribution in [1.82, 2.24) is 5.32 Å². The van der Waals surface area contributed by atoms with Crippen LogP contribution in [0.25, 0.3) is 0 Å². The van der Waals surface area contributed by atoms with Crippen LogP contribution in [-0.4, -0.2) is 17.9 Å². The van der Waals surface area contributed by atoms with Gasteiger partial charge in [0.25, 0.3) is 0 Å². The van der Waals surface area contributed by atoms with Gasteiger partial charge in [0.05, 0.1) is 5.41 Å². The first kappa shape index (κ1) is 15.1. The summed E-state index contributed by atoms with van der Waals surface area (Å²) in [4.78, 5) is 24.0. The molecule has 2 fully saturated rings. The summed E-state index contributed by atoms with van der Waals surface area (Å²) in [5.74, 6) is 0.568. The van der Waals surface area contributed by atoms with Gasteiger partial charge in [-0.25, -0.2) is 0 Å². The molecular formula is C18H23NO3. The Bertz CT molecular complexity index is 545. The van der Waals surface area contributed by atoms with E-state index in [0.29, 0.717) is 31.8 Å². The van der Waals surface area contributed by atoms with E-state index >= 15 is 0 Å². The van der Waals surface area contributed by atoms with E-state index in [0.717, 1.165) is 5.56 Å². The highest BCUT2D eigenvalue weighted by atomic mass is 16.5. The van der Waals surface area contributed by atoms with Crippen molar-refractivity contribution in [3.63, 3.8) is 0 Å². The average Bonchev–Trinajstić information content (AvgIpc) is 3.27. The lowest BCUT2D eigenvalue weighted by atomic mass is 9.67. The first-order valence-electron chi connectivity index (χ1n) is 8.06. The first-order valence-corrected chi connectivity index (χ1v) is 8.06. The van der Waals surface area contributed by atoms with E-state index in [-0.39, 0.29) is 17.9 Å². The smallest absolute Gasteiger partial charge is 0.312 e. The van der Waals surface area contributed by atoms with E-state index in [1.54, 1.807) is 0 Å². The predicted octanol–water partition coefficient (Wildman–Crippen LogP) is 2.81. The predicted molar refractivity (Wildman–Crippen MR) is 82.9 cm³/mol. The summed E-state index contributed by atoms with van der Waals surface area (Å²) in [6.45, 7) is 2.23. The van der Waals surface area contributed by atoms with Crippen LogP contribution < -0.4 is 5.32 Å². The van der Waals surface area contributed by atoms with Crippen molar-refractivity contribution in [1.29, 1.82) is 0 Å². The fraction of sp³-hybridized carbons (Fsp3) is 0.556. The van der Waals surface area contributed by atoms with Crippen LogP contribution in [0, 0.1) is 11.3 Å². The summed E-state index contributed by atoms with van der Waals surface area (Å²) >= 11 is 0. The molecule has 0 aromatic heterocycles. The molecule has 0 spiro atoms. The maximum Gasteiger partial charge on any atom is 0.312 e. The maximum atomic E-state index is 12.2. The van der Waals surface area contributed by atoms with Crippen LogP contribution in [0.3, 0.4) is 0 Å². The minimum absolute atomic E-state index is 0.125. The van der Waals surface area contributed by atoms with Gasteiger partial charge < -0.3 is 10.1 Å². The molecule has 4 nitrogen and oxygen atoms in total. The fourth-order valence-electron chi connectivity index (χ4n) is 3.06. The topological polar surface area (TPSA) is 55.4 Å². The number of carbonyl (C=O) groups excluding carboxylic acids is 2. The molecule has 1 aromatic carbocycles. The van der Waals surface area contributed by atoms with E-state index in [4.69, 9.17) is 4.74 Å². The molecule has 0 atom stereocenters. The molecule has 1 aromatic rings. The quantitative estimate of drug-likeness (QED) is 0.822. The standard InChI is InChI=1S/C18H23NO3/c1-18(17(21)22-12-14-5-3-2-4-6-14)10-15(11-18)19-16(20)9-13-7-8-13/h2-6,13,15H,7-12H2,1H3,(H,19,20). The zero-order valence-corrected chi connectivity index (χ0v) is 13.0. The lowest BCUT2D eigenvalue weighted by Crippen LogP contribution is -2.53. The number of amides is 1. The lowest BCUT2D eigenvalue weighted by molar-refractivity contribution is -0.163. The first-order chi connectivity index (χ1) is 10.5. The number of hydrogen-bond donors (Lipinski definition) is 1. The second kappa shape index (κ2) is 6.11. The largest absolute Gasteiger partial charge is 0.460 e. The normalized spacial score (nSPS) is 26.9. The zero-order valence-electron chi connectivity index (χ0n) is 13.0. The van der Waals surface area contributed by atoms with Crippen molar-refractivity contribution in [2.45, 2.75) is 51.7 Å². The Balaban J connectivity index is 1.40. The molecule has 4 heteroatoms. The molecular weight excluding hydrogens is 278 g/mol. The third-order valence-electron chi connectivity index (χ3n) is 4.64. The lowest BCUT2D eigenvalue weighted by Gasteiger charge is -2.43. The van der Waals surface area contributed by atoms with Crippen LogP contribution in [-0.2, 0) is 20.9 Å². The molecule has 0 radical (unpaired) electrons. The molecule has 2 saturated carbocycles. The molecule has 118 valence electrons. The number of hydrogen-bond acceptors (Lipinski definition) is 3. The summed E-state index contributed by atoms with van der Waals surface area (Å²) < 4.78 is 5.41. The molecule has 0 heterocycles. The van der Waals surface area contributed by atoms with Crippen molar-refractivity contribution in [2.24, 2.45) is 11.3 Å². The fourth-order valence-corrected chi connectivity index (χ4v) is 3.06. The van der Waals surface area contributed by atoms with Gasteiger partial charge in [-0.05, 0) is 44.1 Å². The molecule has 0 bridgehead atoms. The SMILES string of the molecule is CC1(C(=O)OCc2ccccc2)CC(NC(=O)CC2CC2)C1. The van der Waals surface area contributed by atoms with Crippen molar-refractivity contribution < 1.29 is 14.3 Å². The highest BCUT2D eigenvalue weighted by Crippen LogP contribution is 2.42. The number of esters is 1. The van der Waals surface area contributed by atoms with E-state index in [9.17, 15) is 9.59 Å². The van der Waals surface area contributed by atoms with Gasteiger partial charge in [0.2, 0.25) is 5.91 Å². The maximum absolute atomic E-state index is 12.2. The summed E-state index contributed by atoms with van der Waals surface area (Å²) in [5.41, 5.74) is 0.541. The third-order valence-corrected chi connectivity index (χ3v) is 4.64. The summed E-state index contributed by atoms with van der Waals surface area (Å²) in [6, 6.07) is 9.81. The Morgan fingerprint density at radius 1 is 1.23 bits per heavy atom. The number of benzene rings is 1. The van der Waals surface area contributed by atoms with Crippen molar-refractivity contribution >= 4 is 11.9 Å². The summed E-state index contributed by atoms with van der Waals surface area (Å²) in [5, 5.41) is 3.02. The monoisotopic (exact) mass is 301 g/mol. The van der Waals surface area contributed by atoms with Gasteiger partial charge in [0.1, 0.15) is 6.61 Å². The molecule has 2 aliphatic rings. The van der Waals surface area contributed by atoms with Gasteiger partial charge >= 0.3 is 5.97 Å². The molecule has 22 heavy (non-hydrogen) atoms. The van der Waals surface area contributed by atoms with Gasteiger partial charge in [0, 0.05) is 12.5 Å². The third kappa shape index (κ3) is 3.67. The van der Waals surface area contributed by atoms with Gasteiger partial charge in [-0.15, -0.1) is 0 Å². The van der Waals surface area contributed by atoms with Crippen LogP contribution in [0.1, 0.15) is 44.6 Å². The highest BCUT2D eigenvalue weighted by Gasteiger charge is 2.48. The summed E-state index contributed by atoms with van der Waals surface area (Å²) in [7, 11) is 0. The van der Waals surface area contributed by atoms with Crippen molar-refractivity contribution in [2.75, 3.05) is 0 Å². The van der Waals surface area contributed by atoms with E-state index in [2.05, 4.69) is 5.32 Å². The minimum Gasteiger partial charge on any atom is -0.460 e. The second-order valence-corrected chi connectivity index (χ2v) is 6.94. The van der Waals surface area contributed by atoms with Crippen molar-refractivity contribution in [3.05, 3.63) is 35.9 Å². The average molecular weight is 301 g/mol.